The van der Waals surface area contributed by atoms with Crippen molar-refractivity contribution in [3.8, 4) is 11.4 Å². The first-order valence-corrected chi connectivity index (χ1v) is 8.05. The molecule has 0 unspecified atom stereocenters. The van der Waals surface area contributed by atoms with Crippen molar-refractivity contribution < 1.29 is 14.1 Å². The number of hydrogen-bond donors (Lipinski definition) is 0. The van der Waals surface area contributed by atoms with Gasteiger partial charge in [0.1, 0.15) is 0 Å². The first-order valence-electron chi connectivity index (χ1n) is 7.67. The smallest absolute Gasteiger partial charge is 0.261 e. The molecule has 124 valence electrons. The maximum absolute atomic E-state index is 12.3. The summed E-state index contributed by atoms with van der Waals surface area (Å²) in [7, 11) is 0. The molecule has 25 heavy (non-hydrogen) atoms. The quantitative estimate of drug-likeness (QED) is 0.673. The highest BCUT2D eigenvalue weighted by Gasteiger charge is 2.34. The van der Waals surface area contributed by atoms with E-state index in [9.17, 15) is 9.59 Å². The molecule has 7 heteroatoms. The van der Waals surface area contributed by atoms with Crippen LogP contribution in [-0.4, -0.2) is 33.4 Å². The van der Waals surface area contributed by atoms with E-state index in [1.165, 1.54) is 4.90 Å². The van der Waals surface area contributed by atoms with E-state index in [-0.39, 0.29) is 18.4 Å². The Morgan fingerprint density at radius 1 is 0.960 bits per heavy atom. The van der Waals surface area contributed by atoms with Crippen molar-refractivity contribution in [1.82, 2.24) is 15.0 Å². The van der Waals surface area contributed by atoms with Gasteiger partial charge in [0.15, 0.2) is 0 Å². The number of halogens is 1. The second-order valence-corrected chi connectivity index (χ2v) is 6.01. The van der Waals surface area contributed by atoms with E-state index in [4.69, 9.17) is 16.1 Å². The van der Waals surface area contributed by atoms with Gasteiger partial charge in [0.2, 0.25) is 11.7 Å². The molecule has 0 bridgehead atoms. The van der Waals surface area contributed by atoms with Crippen LogP contribution in [0.3, 0.4) is 0 Å². The Labute approximate surface area is 148 Å². The minimum absolute atomic E-state index is 0.189. The summed E-state index contributed by atoms with van der Waals surface area (Å²) in [6.45, 7) is 0.189. The van der Waals surface area contributed by atoms with E-state index in [2.05, 4.69) is 10.1 Å². The highest BCUT2D eigenvalue weighted by atomic mass is 35.5. The van der Waals surface area contributed by atoms with Crippen molar-refractivity contribution in [2.24, 2.45) is 0 Å². The molecule has 0 saturated heterocycles. The van der Waals surface area contributed by atoms with Gasteiger partial charge in [-0.05, 0) is 36.4 Å². The fourth-order valence-corrected chi connectivity index (χ4v) is 2.85. The lowest BCUT2D eigenvalue weighted by Gasteiger charge is -2.11. The Balaban J connectivity index is 1.47. The Kier molecular flexibility index (Phi) is 3.82. The molecule has 1 aromatic heterocycles. The summed E-state index contributed by atoms with van der Waals surface area (Å²) in [5, 5.41) is 4.54. The Hall–Kier alpha value is -2.99. The highest BCUT2D eigenvalue weighted by molar-refractivity contribution is 6.30. The third-order valence-electron chi connectivity index (χ3n) is 4.00. The van der Waals surface area contributed by atoms with E-state index >= 15 is 0 Å². The fraction of sp³-hybridized carbons (Fsp3) is 0.111. The fourth-order valence-electron chi connectivity index (χ4n) is 2.72. The maximum atomic E-state index is 12.3. The van der Waals surface area contributed by atoms with Crippen LogP contribution in [0.15, 0.2) is 53.1 Å². The number of benzene rings is 2. The predicted molar refractivity (Wildman–Crippen MR) is 90.3 cm³/mol. The minimum atomic E-state index is -0.293. The Morgan fingerprint density at radius 2 is 1.60 bits per heavy atom. The lowest BCUT2D eigenvalue weighted by atomic mass is 10.1. The molecule has 0 aliphatic carbocycles. The van der Waals surface area contributed by atoms with Crippen LogP contribution < -0.4 is 0 Å². The average molecular weight is 354 g/mol. The van der Waals surface area contributed by atoms with Crippen molar-refractivity contribution in [2.75, 3.05) is 6.54 Å². The standard InChI is InChI=1S/C18H12ClN3O3/c19-12-7-5-11(6-8-12)16-20-15(25-21-16)9-10-22-17(23)13-3-1-2-4-14(13)18(22)24/h1-8H,9-10H2. The number of carbonyl (C=O) groups is 2. The minimum Gasteiger partial charge on any atom is -0.339 e. The van der Waals surface area contributed by atoms with Gasteiger partial charge in [-0.15, -0.1) is 0 Å². The van der Waals surface area contributed by atoms with Gasteiger partial charge in [-0.25, -0.2) is 0 Å². The number of aromatic nitrogens is 2. The second kappa shape index (κ2) is 6.14. The SMILES string of the molecule is O=C1c2ccccc2C(=O)N1CCc1nc(-c2ccc(Cl)cc2)no1. The van der Waals surface area contributed by atoms with Gasteiger partial charge < -0.3 is 4.52 Å². The third-order valence-corrected chi connectivity index (χ3v) is 4.25. The molecule has 2 aromatic carbocycles. The average Bonchev–Trinajstić information content (AvgIpc) is 3.19. The van der Waals surface area contributed by atoms with Crippen LogP contribution in [0.5, 0.6) is 0 Å². The summed E-state index contributed by atoms with van der Waals surface area (Å²) in [4.78, 5) is 30.1. The predicted octanol–water partition coefficient (Wildman–Crippen LogP) is 3.23. The molecule has 0 fully saturated rings. The van der Waals surface area contributed by atoms with E-state index in [1.807, 2.05) is 0 Å². The Morgan fingerprint density at radius 3 is 2.24 bits per heavy atom. The maximum Gasteiger partial charge on any atom is 0.261 e. The number of imide groups is 1. The topological polar surface area (TPSA) is 76.3 Å². The van der Waals surface area contributed by atoms with Gasteiger partial charge in [-0.2, -0.15) is 4.98 Å². The lowest BCUT2D eigenvalue weighted by molar-refractivity contribution is 0.0653. The lowest BCUT2D eigenvalue weighted by Crippen LogP contribution is -2.31. The molecule has 2 heterocycles. The molecule has 6 nitrogen and oxygen atoms in total. The van der Waals surface area contributed by atoms with Crippen molar-refractivity contribution in [1.29, 1.82) is 0 Å². The summed E-state index contributed by atoms with van der Waals surface area (Å²) < 4.78 is 5.21. The summed E-state index contributed by atoms with van der Waals surface area (Å²) in [5.74, 6) is 0.214. The molecule has 2 amide bonds. The monoisotopic (exact) mass is 353 g/mol. The van der Waals surface area contributed by atoms with Gasteiger partial charge in [-0.1, -0.05) is 28.9 Å². The summed E-state index contributed by atoms with van der Waals surface area (Å²) >= 11 is 5.86. The summed E-state index contributed by atoms with van der Waals surface area (Å²) in [5.41, 5.74) is 1.64. The summed E-state index contributed by atoms with van der Waals surface area (Å²) in [6, 6.07) is 13.9. The van der Waals surface area contributed by atoms with Crippen molar-refractivity contribution in [3.05, 3.63) is 70.6 Å². The van der Waals surface area contributed by atoms with Crippen LogP contribution in [-0.2, 0) is 6.42 Å². The van der Waals surface area contributed by atoms with Gasteiger partial charge >= 0.3 is 0 Å². The molecule has 1 aliphatic rings. The molecule has 1 aliphatic heterocycles. The first-order chi connectivity index (χ1) is 12.1. The molecule has 0 radical (unpaired) electrons. The highest BCUT2D eigenvalue weighted by Crippen LogP contribution is 2.23. The second-order valence-electron chi connectivity index (χ2n) is 5.58. The van der Waals surface area contributed by atoms with E-state index in [1.54, 1.807) is 48.5 Å². The van der Waals surface area contributed by atoms with E-state index in [0.29, 0.717) is 34.3 Å². The molecule has 0 saturated carbocycles. The molecule has 0 spiro atoms. The molecular formula is C18H12ClN3O3. The first kappa shape index (κ1) is 15.5. The van der Waals surface area contributed by atoms with Crippen molar-refractivity contribution in [2.45, 2.75) is 6.42 Å². The van der Waals surface area contributed by atoms with Crippen LogP contribution in [0, 0.1) is 0 Å². The van der Waals surface area contributed by atoms with Gasteiger partial charge in [0, 0.05) is 23.6 Å². The van der Waals surface area contributed by atoms with Crippen LogP contribution in [0.4, 0.5) is 0 Å². The van der Waals surface area contributed by atoms with Crippen LogP contribution >= 0.6 is 11.6 Å². The Bertz CT molecular complexity index is 931. The van der Waals surface area contributed by atoms with Gasteiger partial charge in [-0.3, -0.25) is 14.5 Å². The van der Waals surface area contributed by atoms with E-state index < -0.39 is 0 Å². The molecule has 0 atom stereocenters. The number of carbonyl (C=O) groups excluding carboxylic acids is 2. The van der Waals surface area contributed by atoms with E-state index in [0.717, 1.165) is 5.56 Å². The van der Waals surface area contributed by atoms with Crippen LogP contribution in [0.25, 0.3) is 11.4 Å². The number of hydrogen-bond acceptors (Lipinski definition) is 5. The zero-order valence-corrected chi connectivity index (χ0v) is 13.7. The number of rotatable bonds is 4. The zero-order chi connectivity index (χ0) is 17.4. The molecule has 0 N–H and O–H groups in total. The summed E-state index contributed by atoms with van der Waals surface area (Å²) in [6.07, 6.45) is 0.298. The molecule has 3 aromatic rings. The van der Waals surface area contributed by atoms with Crippen molar-refractivity contribution in [3.63, 3.8) is 0 Å². The van der Waals surface area contributed by atoms with Gasteiger partial charge in [0.05, 0.1) is 11.1 Å². The number of nitrogens with zero attached hydrogens (tertiary/aromatic N) is 3. The van der Waals surface area contributed by atoms with Gasteiger partial charge in [0.25, 0.3) is 11.8 Å². The largest absolute Gasteiger partial charge is 0.339 e. The number of fused-ring (bicyclic) bond motifs is 1. The molecular weight excluding hydrogens is 342 g/mol. The third kappa shape index (κ3) is 2.81. The van der Waals surface area contributed by atoms with Crippen molar-refractivity contribution >= 4 is 23.4 Å². The number of amides is 2. The normalized spacial score (nSPS) is 13.4. The zero-order valence-electron chi connectivity index (χ0n) is 13.0. The molecule has 4 rings (SSSR count). The van der Waals surface area contributed by atoms with Crippen LogP contribution in [0.2, 0.25) is 5.02 Å². The van der Waals surface area contributed by atoms with Crippen LogP contribution in [0.1, 0.15) is 26.6 Å².